The quantitative estimate of drug-likeness (QED) is 0.826. The average molecular weight is 310 g/mol. The van der Waals surface area contributed by atoms with E-state index in [1.54, 1.807) is 23.9 Å². The minimum absolute atomic E-state index is 0.0877. The third-order valence-electron chi connectivity index (χ3n) is 3.04. The highest BCUT2D eigenvalue weighted by molar-refractivity contribution is 7.99. The highest BCUT2D eigenvalue weighted by Crippen LogP contribution is 2.23. The van der Waals surface area contributed by atoms with Crippen molar-refractivity contribution >= 4 is 23.4 Å². The van der Waals surface area contributed by atoms with E-state index in [1.165, 1.54) is 16.5 Å². The van der Waals surface area contributed by atoms with E-state index in [4.69, 9.17) is 17.3 Å². The van der Waals surface area contributed by atoms with Crippen LogP contribution in [0, 0.1) is 12.7 Å². The van der Waals surface area contributed by atoms with Crippen LogP contribution in [0.3, 0.4) is 0 Å². The van der Waals surface area contributed by atoms with E-state index in [0.717, 1.165) is 5.75 Å². The van der Waals surface area contributed by atoms with Gasteiger partial charge in [-0.05, 0) is 42.7 Å². The lowest BCUT2D eigenvalue weighted by molar-refractivity contribution is 0.597. The Morgan fingerprint density at radius 1 is 1.25 bits per heavy atom. The van der Waals surface area contributed by atoms with Crippen LogP contribution in [0.2, 0.25) is 5.02 Å². The van der Waals surface area contributed by atoms with Crippen LogP contribution in [0.15, 0.2) is 47.4 Å². The monoisotopic (exact) mass is 309 g/mol. The maximum absolute atomic E-state index is 13.7. The Morgan fingerprint density at radius 3 is 2.70 bits per heavy atom. The number of thioether (sulfide) groups is 1. The van der Waals surface area contributed by atoms with Crippen molar-refractivity contribution in [1.82, 2.24) is 0 Å². The maximum Gasteiger partial charge on any atom is 0.127 e. The molecule has 0 saturated carbocycles. The first-order valence-electron chi connectivity index (χ1n) is 6.44. The van der Waals surface area contributed by atoms with E-state index in [2.05, 4.69) is 19.1 Å². The summed E-state index contributed by atoms with van der Waals surface area (Å²) in [5.41, 5.74) is 7.95. The summed E-state index contributed by atoms with van der Waals surface area (Å²) >= 11 is 7.45. The smallest absolute Gasteiger partial charge is 0.127 e. The van der Waals surface area contributed by atoms with Crippen LogP contribution in [-0.2, 0) is 6.42 Å². The fraction of sp³-hybridized carbons (Fsp3) is 0.250. The summed E-state index contributed by atoms with van der Waals surface area (Å²) in [4.78, 5) is 1.22. The van der Waals surface area contributed by atoms with Crippen molar-refractivity contribution in [2.45, 2.75) is 24.3 Å². The Balaban J connectivity index is 1.92. The first kappa shape index (κ1) is 15.4. The van der Waals surface area contributed by atoms with Gasteiger partial charge in [-0.1, -0.05) is 35.9 Å². The first-order valence-corrected chi connectivity index (χ1v) is 7.80. The Bertz CT molecular complexity index is 588. The summed E-state index contributed by atoms with van der Waals surface area (Å²) in [5.74, 6) is 0.473. The summed E-state index contributed by atoms with van der Waals surface area (Å²) in [6.07, 6.45) is 0.516. The van der Waals surface area contributed by atoms with Gasteiger partial charge in [0.1, 0.15) is 5.82 Å². The van der Waals surface area contributed by atoms with Crippen LogP contribution < -0.4 is 5.73 Å². The van der Waals surface area contributed by atoms with E-state index in [1.807, 2.05) is 12.1 Å². The minimum Gasteiger partial charge on any atom is -0.327 e. The average Bonchev–Trinajstić information content (AvgIpc) is 2.41. The van der Waals surface area contributed by atoms with Crippen LogP contribution in [0.4, 0.5) is 4.39 Å². The second kappa shape index (κ2) is 7.11. The van der Waals surface area contributed by atoms with Crippen LogP contribution in [0.5, 0.6) is 0 Å². The number of rotatable bonds is 5. The van der Waals surface area contributed by atoms with Gasteiger partial charge in [0.15, 0.2) is 0 Å². The van der Waals surface area contributed by atoms with Gasteiger partial charge in [0.2, 0.25) is 0 Å². The molecule has 0 aromatic heterocycles. The molecule has 0 aliphatic rings. The topological polar surface area (TPSA) is 26.0 Å². The molecule has 0 heterocycles. The maximum atomic E-state index is 13.7. The van der Waals surface area contributed by atoms with E-state index in [9.17, 15) is 4.39 Å². The number of benzene rings is 2. The summed E-state index contributed by atoms with van der Waals surface area (Å²) < 4.78 is 13.7. The van der Waals surface area contributed by atoms with Gasteiger partial charge in [-0.2, -0.15) is 0 Å². The molecule has 0 radical (unpaired) electrons. The van der Waals surface area contributed by atoms with Crippen molar-refractivity contribution in [3.05, 3.63) is 64.4 Å². The zero-order chi connectivity index (χ0) is 14.5. The Hall–Kier alpha value is -1.03. The van der Waals surface area contributed by atoms with Gasteiger partial charge in [-0.3, -0.25) is 0 Å². The predicted octanol–water partition coefficient (Wildman–Crippen LogP) is 4.45. The van der Waals surface area contributed by atoms with Crippen molar-refractivity contribution in [2.24, 2.45) is 5.73 Å². The van der Waals surface area contributed by atoms with Crippen LogP contribution in [0.25, 0.3) is 0 Å². The fourth-order valence-electron chi connectivity index (χ4n) is 1.94. The number of aryl methyl sites for hydroxylation is 1. The van der Waals surface area contributed by atoms with Gasteiger partial charge in [0, 0.05) is 21.7 Å². The number of hydrogen-bond acceptors (Lipinski definition) is 2. The number of hydrogen-bond donors (Lipinski definition) is 1. The lowest BCUT2D eigenvalue weighted by Gasteiger charge is -2.13. The molecule has 2 aromatic rings. The van der Waals surface area contributed by atoms with Gasteiger partial charge in [0.05, 0.1) is 0 Å². The van der Waals surface area contributed by atoms with Crippen LogP contribution >= 0.6 is 23.4 Å². The van der Waals surface area contributed by atoms with Crippen molar-refractivity contribution in [2.75, 3.05) is 5.75 Å². The molecule has 0 aliphatic carbocycles. The highest BCUT2D eigenvalue weighted by atomic mass is 35.5. The molecule has 0 saturated heterocycles. The van der Waals surface area contributed by atoms with Gasteiger partial charge >= 0.3 is 0 Å². The van der Waals surface area contributed by atoms with Crippen molar-refractivity contribution in [3.8, 4) is 0 Å². The molecule has 0 amide bonds. The third-order valence-corrected chi connectivity index (χ3v) is 4.64. The molecule has 1 atom stereocenters. The minimum atomic E-state index is -0.283. The third kappa shape index (κ3) is 4.23. The molecule has 2 rings (SSSR count). The zero-order valence-electron chi connectivity index (χ0n) is 11.3. The first-order chi connectivity index (χ1) is 9.56. The van der Waals surface area contributed by atoms with Crippen molar-refractivity contribution in [1.29, 1.82) is 0 Å². The molecule has 2 N–H and O–H groups in total. The molecule has 20 heavy (non-hydrogen) atoms. The molecule has 1 nitrogen and oxygen atoms in total. The number of halogens is 2. The second-order valence-corrected chi connectivity index (χ2v) is 6.27. The van der Waals surface area contributed by atoms with E-state index < -0.39 is 0 Å². The predicted molar refractivity (Wildman–Crippen MR) is 85.0 cm³/mol. The Morgan fingerprint density at radius 2 is 2.00 bits per heavy atom. The standard InChI is InChI=1S/C16H17ClFNS/c1-11-4-2-3-5-16(11)20-10-14(19)8-12-6-7-13(17)9-15(12)18/h2-7,9,14H,8,10,19H2,1H3. The SMILES string of the molecule is Cc1ccccc1SCC(N)Cc1ccc(Cl)cc1F. The molecule has 4 heteroatoms. The Labute approximate surface area is 128 Å². The molecule has 0 fully saturated rings. The lowest BCUT2D eigenvalue weighted by Crippen LogP contribution is -2.26. The van der Waals surface area contributed by atoms with E-state index in [-0.39, 0.29) is 11.9 Å². The summed E-state index contributed by atoms with van der Waals surface area (Å²) in [7, 11) is 0. The molecular formula is C16H17ClFNS. The molecule has 0 spiro atoms. The molecule has 0 aliphatic heterocycles. The van der Waals surface area contributed by atoms with Crippen LogP contribution in [-0.4, -0.2) is 11.8 Å². The molecule has 2 aromatic carbocycles. The summed E-state index contributed by atoms with van der Waals surface area (Å²) in [6, 6.07) is 12.8. The molecule has 0 bridgehead atoms. The zero-order valence-corrected chi connectivity index (χ0v) is 12.8. The normalized spacial score (nSPS) is 12.4. The largest absolute Gasteiger partial charge is 0.327 e. The Kier molecular flexibility index (Phi) is 5.46. The van der Waals surface area contributed by atoms with Crippen molar-refractivity contribution < 1.29 is 4.39 Å². The molecular weight excluding hydrogens is 293 g/mol. The molecule has 1 unspecified atom stereocenters. The van der Waals surface area contributed by atoms with Gasteiger partial charge in [-0.15, -0.1) is 11.8 Å². The number of nitrogens with two attached hydrogens (primary N) is 1. The fourth-order valence-corrected chi connectivity index (χ4v) is 3.08. The van der Waals surface area contributed by atoms with Crippen molar-refractivity contribution in [3.63, 3.8) is 0 Å². The second-order valence-electron chi connectivity index (χ2n) is 4.78. The van der Waals surface area contributed by atoms with Gasteiger partial charge in [-0.25, -0.2) is 4.39 Å². The van der Waals surface area contributed by atoms with E-state index in [0.29, 0.717) is 17.0 Å². The lowest BCUT2D eigenvalue weighted by atomic mass is 10.1. The summed E-state index contributed by atoms with van der Waals surface area (Å²) in [6.45, 7) is 2.08. The van der Waals surface area contributed by atoms with Gasteiger partial charge < -0.3 is 5.73 Å². The van der Waals surface area contributed by atoms with Gasteiger partial charge in [0.25, 0.3) is 0 Å². The molecule has 106 valence electrons. The highest BCUT2D eigenvalue weighted by Gasteiger charge is 2.10. The summed E-state index contributed by atoms with van der Waals surface area (Å²) in [5, 5.41) is 0.411. The van der Waals surface area contributed by atoms with Crippen LogP contribution in [0.1, 0.15) is 11.1 Å². The van der Waals surface area contributed by atoms with E-state index >= 15 is 0 Å².